The number of pyridine rings is 1. The normalized spacial score (nSPS) is 13.3. The van der Waals surface area contributed by atoms with Gasteiger partial charge in [-0.1, -0.05) is 13.0 Å². The topological polar surface area (TPSA) is 76.2 Å². The Kier molecular flexibility index (Phi) is 4.46. The Morgan fingerprint density at radius 2 is 2.32 bits per heavy atom. The molecule has 0 bridgehead atoms. The molecule has 0 aromatic carbocycles. The summed E-state index contributed by atoms with van der Waals surface area (Å²) in [6.07, 6.45) is 3.59. The summed E-state index contributed by atoms with van der Waals surface area (Å²) in [5, 5.41) is 4.04. The third-order valence-electron chi connectivity index (χ3n) is 2.52. The van der Waals surface area contributed by atoms with Crippen molar-refractivity contribution in [3.05, 3.63) is 40.5 Å². The number of thiazole rings is 1. The third-order valence-corrected chi connectivity index (χ3v) is 3.66. The van der Waals surface area contributed by atoms with E-state index in [0.29, 0.717) is 18.3 Å². The average Bonchev–Trinajstić information content (AvgIpc) is 2.84. The van der Waals surface area contributed by atoms with Gasteiger partial charge < -0.3 is 11.1 Å². The van der Waals surface area contributed by atoms with E-state index in [2.05, 4.69) is 27.2 Å². The number of nitrogens with zero attached hydrogens (tertiary/aromatic N) is 3. The van der Waals surface area contributed by atoms with Crippen molar-refractivity contribution < 1.29 is 0 Å². The standard InChI is InChI=1S/C13H17N5S/c1-9(12-16-8-10(2)19-12)7-17-13(14)18-11-5-3-4-6-15-11/h3-6,8-9H,7H2,1-2H3,(H3,14,15,17,18). The van der Waals surface area contributed by atoms with Gasteiger partial charge >= 0.3 is 0 Å². The maximum atomic E-state index is 5.82. The van der Waals surface area contributed by atoms with Gasteiger partial charge in [-0.15, -0.1) is 11.3 Å². The minimum atomic E-state index is 0.266. The molecule has 0 aliphatic rings. The Balaban J connectivity index is 1.91. The van der Waals surface area contributed by atoms with Crippen LogP contribution >= 0.6 is 11.3 Å². The van der Waals surface area contributed by atoms with Crippen LogP contribution in [0.15, 0.2) is 35.6 Å². The van der Waals surface area contributed by atoms with E-state index in [1.807, 2.05) is 31.3 Å². The molecular weight excluding hydrogens is 258 g/mol. The average molecular weight is 275 g/mol. The zero-order valence-corrected chi connectivity index (χ0v) is 11.8. The van der Waals surface area contributed by atoms with Crippen molar-refractivity contribution in [2.75, 3.05) is 11.9 Å². The van der Waals surface area contributed by atoms with Crippen LogP contribution < -0.4 is 11.1 Å². The number of hydrogen-bond donors (Lipinski definition) is 2. The molecule has 1 atom stereocenters. The minimum absolute atomic E-state index is 0.266. The molecule has 6 heteroatoms. The quantitative estimate of drug-likeness (QED) is 0.663. The molecule has 19 heavy (non-hydrogen) atoms. The van der Waals surface area contributed by atoms with Gasteiger partial charge in [-0.3, -0.25) is 4.99 Å². The molecule has 0 aliphatic carbocycles. The number of anilines is 1. The van der Waals surface area contributed by atoms with Crippen LogP contribution in [0.1, 0.15) is 22.7 Å². The van der Waals surface area contributed by atoms with Gasteiger partial charge in [-0.05, 0) is 19.1 Å². The van der Waals surface area contributed by atoms with Crippen LogP contribution in [0.5, 0.6) is 0 Å². The molecular formula is C13H17N5S. The summed E-state index contributed by atoms with van der Waals surface area (Å²) in [7, 11) is 0. The Bertz CT molecular complexity index is 549. The first-order valence-electron chi connectivity index (χ1n) is 6.05. The number of aromatic nitrogens is 2. The van der Waals surface area contributed by atoms with E-state index in [1.54, 1.807) is 17.5 Å². The fourth-order valence-electron chi connectivity index (χ4n) is 1.52. The smallest absolute Gasteiger partial charge is 0.194 e. The fraction of sp³-hybridized carbons (Fsp3) is 0.308. The van der Waals surface area contributed by atoms with E-state index in [9.17, 15) is 0 Å². The first-order valence-corrected chi connectivity index (χ1v) is 6.87. The summed E-state index contributed by atoms with van der Waals surface area (Å²) >= 11 is 1.70. The molecule has 2 rings (SSSR count). The number of aliphatic imine (C=N–C) groups is 1. The molecule has 0 aliphatic heterocycles. The van der Waals surface area contributed by atoms with Crippen molar-refractivity contribution in [2.24, 2.45) is 10.7 Å². The zero-order chi connectivity index (χ0) is 13.7. The molecule has 2 heterocycles. The van der Waals surface area contributed by atoms with Crippen LogP contribution in [-0.4, -0.2) is 22.5 Å². The van der Waals surface area contributed by atoms with Crippen LogP contribution in [0.2, 0.25) is 0 Å². The molecule has 0 saturated heterocycles. The Morgan fingerprint density at radius 3 is 2.95 bits per heavy atom. The monoisotopic (exact) mass is 275 g/mol. The third kappa shape index (κ3) is 4.03. The van der Waals surface area contributed by atoms with Crippen LogP contribution in [0.4, 0.5) is 5.82 Å². The number of guanidine groups is 1. The van der Waals surface area contributed by atoms with E-state index in [0.717, 1.165) is 5.01 Å². The van der Waals surface area contributed by atoms with Gasteiger partial charge in [0, 0.05) is 23.2 Å². The number of rotatable bonds is 4. The van der Waals surface area contributed by atoms with Crippen molar-refractivity contribution in [1.82, 2.24) is 9.97 Å². The molecule has 5 nitrogen and oxygen atoms in total. The number of aryl methyl sites for hydroxylation is 1. The highest BCUT2D eigenvalue weighted by molar-refractivity contribution is 7.11. The Hall–Kier alpha value is -1.95. The molecule has 0 fully saturated rings. The van der Waals surface area contributed by atoms with Gasteiger partial charge in [-0.25, -0.2) is 9.97 Å². The van der Waals surface area contributed by atoms with Gasteiger partial charge in [0.25, 0.3) is 0 Å². The van der Waals surface area contributed by atoms with Crippen molar-refractivity contribution in [3.63, 3.8) is 0 Å². The highest BCUT2D eigenvalue weighted by Crippen LogP contribution is 2.21. The molecule has 2 aromatic rings. The zero-order valence-electron chi connectivity index (χ0n) is 11.0. The van der Waals surface area contributed by atoms with Crippen molar-refractivity contribution in [3.8, 4) is 0 Å². The molecule has 3 N–H and O–H groups in total. The van der Waals surface area contributed by atoms with Gasteiger partial charge in [0.15, 0.2) is 5.96 Å². The van der Waals surface area contributed by atoms with E-state index in [-0.39, 0.29) is 5.92 Å². The molecule has 0 saturated carbocycles. The lowest BCUT2D eigenvalue weighted by Gasteiger charge is -2.07. The lowest BCUT2D eigenvalue weighted by atomic mass is 10.2. The largest absolute Gasteiger partial charge is 0.370 e. The number of nitrogens with two attached hydrogens (primary N) is 1. The molecule has 100 valence electrons. The van der Waals surface area contributed by atoms with E-state index >= 15 is 0 Å². The van der Waals surface area contributed by atoms with Gasteiger partial charge in [0.05, 0.1) is 11.6 Å². The van der Waals surface area contributed by atoms with E-state index < -0.39 is 0 Å². The Morgan fingerprint density at radius 1 is 1.47 bits per heavy atom. The predicted octanol–water partition coefficient (Wildman–Crippen LogP) is 2.38. The minimum Gasteiger partial charge on any atom is -0.370 e. The van der Waals surface area contributed by atoms with Gasteiger partial charge in [-0.2, -0.15) is 0 Å². The summed E-state index contributed by atoms with van der Waals surface area (Å²) in [5.41, 5.74) is 5.82. The fourth-order valence-corrected chi connectivity index (χ4v) is 2.34. The van der Waals surface area contributed by atoms with E-state index in [1.165, 1.54) is 4.88 Å². The second-order valence-corrected chi connectivity index (χ2v) is 5.54. The lowest BCUT2D eigenvalue weighted by molar-refractivity contribution is 0.766. The summed E-state index contributed by atoms with van der Waals surface area (Å²) in [6, 6.07) is 5.59. The summed E-state index contributed by atoms with van der Waals surface area (Å²) in [5.74, 6) is 1.34. The molecule has 1 unspecified atom stereocenters. The molecule has 0 radical (unpaired) electrons. The van der Waals surface area contributed by atoms with Crippen molar-refractivity contribution in [2.45, 2.75) is 19.8 Å². The molecule has 0 amide bonds. The van der Waals surface area contributed by atoms with Crippen molar-refractivity contribution >= 4 is 23.1 Å². The van der Waals surface area contributed by atoms with Crippen LogP contribution in [0, 0.1) is 6.92 Å². The number of hydrogen-bond acceptors (Lipinski definition) is 4. The second kappa shape index (κ2) is 6.29. The van der Waals surface area contributed by atoms with Crippen LogP contribution in [0.3, 0.4) is 0 Å². The maximum absolute atomic E-state index is 5.82. The molecule has 2 aromatic heterocycles. The first-order chi connectivity index (χ1) is 9.15. The number of nitrogens with one attached hydrogen (secondary N) is 1. The van der Waals surface area contributed by atoms with Gasteiger partial charge in [0.1, 0.15) is 5.82 Å². The maximum Gasteiger partial charge on any atom is 0.194 e. The first kappa shape index (κ1) is 13.5. The SMILES string of the molecule is Cc1cnc(C(C)CN=C(N)Nc2ccccn2)s1. The summed E-state index contributed by atoms with van der Waals surface area (Å²) < 4.78 is 0. The Labute approximate surface area is 116 Å². The van der Waals surface area contributed by atoms with Crippen LogP contribution in [-0.2, 0) is 0 Å². The molecule has 0 spiro atoms. The van der Waals surface area contributed by atoms with Crippen molar-refractivity contribution in [1.29, 1.82) is 0 Å². The highest BCUT2D eigenvalue weighted by atomic mass is 32.1. The summed E-state index contributed by atoms with van der Waals surface area (Å²) in [4.78, 5) is 14.0. The lowest BCUT2D eigenvalue weighted by Crippen LogP contribution is -2.23. The second-order valence-electron chi connectivity index (χ2n) is 4.28. The predicted molar refractivity (Wildman–Crippen MR) is 79.6 cm³/mol. The summed E-state index contributed by atoms with van der Waals surface area (Å²) in [6.45, 7) is 4.75. The highest BCUT2D eigenvalue weighted by Gasteiger charge is 2.08. The van der Waals surface area contributed by atoms with Gasteiger partial charge in [0.2, 0.25) is 0 Å². The van der Waals surface area contributed by atoms with E-state index in [4.69, 9.17) is 5.73 Å². The van der Waals surface area contributed by atoms with Crippen LogP contribution in [0.25, 0.3) is 0 Å².